The average molecular weight is 305 g/mol. The second-order valence-corrected chi connectivity index (χ2v) is 5.09. The summed E-state index contributed by atoms with van der Waals surface area (Å²) in [6, 6.07) is 9.01. The van der Waals surface area contributed by atoms with E-state index in [1.165, 1.54) is 4.90 Å². The number of hydrogen-bond acceptors (Lipinski definition) is 5. The van der Waals surface area contributed by atoms with Gasteiger partial charge in [0.1, 0.15) is 4.88 Å². The molecule has 6 nitrogen and oxygen atoms in total. The van der Waals surface area contributed by atoms with Gasteiger partial charge in [-0.15, -0.1) is 5.10 Å². The molecule has 0 saturated heterocycles. The van der Waals surface area contributed by atoms with Gasteiger partial charge in [-0.3, -0.25) is 9.59 Å². The molecular formula is C14H15N3O3S. The fourth-order valence-electron chi connectivity index (χ4n) is 1.89. The Kier molecular flexibility index (Phi) is 4.99. The Bertz CT molecular complexity index is 627. The number of amides is 1. The summed E-state index contributed by atoms with van der Waals surface area (Å²) in [6.45, 7) is 2.01. The summed E-state index contributed by atoms with van der Waals surface area (Å²) in [4.78, 5) is 25.4. The van der Waals surface area contributed by atoms with E-state index in [0.717, 1.165) is 11.5 Å². The van der Waals surface area contributed by atoms with Gasteiger partial charge < -0.3 is 10.0 Å². The van der Waals surface area contributed by atoms with Gasteiger partial charge in [0.05, 0.1) is 12.1 Å². The Balaban J connectivity index is 2.30. The molecule has 1 amide bonds. The number of carbonyl (C=O) groups is 2. The third kappa shape index (κ3) is 3.63. The first-order chi connectivity index (χ1) is 10.1. The quantitative estimate of drug-likeness (QED) is 0.884. The highest BCUT2D eigenvalue weighted by molar-refractivity contribution is 7.08. The standard InChI is InChI=1S/C14H15N3O3S/c1-2-11-13(21-16-15-11)14(20)17(9-8-12(18)19)10-6-4-3-5-7-10/h3-7H,2,8-9H2,1H3,(H,18,19). The number of carbonyl (C=O) groups excluding carboxylic acids is 1. The molecule has 2 rings (SSSR count). The van der Waals surface area contributed by atoms with Crippen molar-refractivity contribution in [2.45, 2.75) is 19.8 Å². The number of benzene rings is 1. The van der Waals surface area contributed by atoms with Crippen LogP contribution in [0.4, 0.5) is 5.69 Å². The lowest BCUT2D eigenvalue weighted by Gasteiger charge is -2.21. The van der Waals surface area contributed by atoms with Gasteiger partial charge in [-0.05, 0) is 30.1 Å². The summed E-state index contributed by atoms with van der Waals surface area (Å²) in [5, 5.41) is 12.8. The zero-order valence-corrected chi connectivity index (χ0v) is 12.3. The molecule has 0 fully saturated rings. The van der Waals surface area contributed by atoms with E-state index in [2.05, 4.69) is 9.59 Å². The topological polar surface area (TPSA) is 83.4 Å². The zero-order chi connectivity index (χ0) is 15.2. The Morgan fingerprint density at radius 3 is 2.62 bits per heavy atom. The molecule has 0 aliphatic carbocycles. The number of para-hydroxylation sites is 1. The number of aromatic nitrogens is 2. The SMILES string of the molecule is CCc1nnsc1C(=O)N(CCC(=O)O)c1ccccc1. The van der Waals surface area contributed by atoms with E-state index in [4.69, 9.17) is 5.11 Å². The molecule has 0 bridgehead atoms. The lowest BCUT2D eigenvalue weighted by Crippen LogP contribution is -2.33. The number of carboxylic acid groups (broad SMARTS) is 1. The lowest BCUT2D eigenvalue weighted by molar-refractivity contribution is -0.136. The van der Waals surface area contributed by atoms with Crippen molar-refractivity contribution in [2.24, 2.45) is 0 Å². The van der Waals surface area contributed by atoms with Gasteiger partial charge in [0.15, 0.2) is 0 Å². The lowest BCUT2D eigenvalue weighted by atomic mass is 10.2. The minimum atomic E-state index is -0.943. The highest BCUT2D eigenvalue weighted by Gasteiger charge is 2.23. The molecule has 0 aliphatic heterocycles. The van der Waals surface area contributed by atoms with Crippen LogP contribution in [0.3, 0.4) is 0 Å². The van der Waals surface area contributed by atoms with Crippen LogP contribution in [0.15, 0.2) is 30.3 Å². The van der Waals surface area contributed by atoms with Gasteiger partial charge in [-0.2, -0.15) is 0 Å². The Hall–Kier alpha value is -2.28. The van der Waals surface area contributed by atoms with E-state index in [1.807, 2.05) is 25.1 Å². The van der Waals surface area contributed by atoms with Crippen molar-refractivity contribution in [3.8, 4) is 0 Å². The van der Waals surface area contributed by atoms with Crippen molar-refractivity contribution in [1.82, 2.24) is 9.59 Å². The molecule has 2 aromatic rings. The smallest absolute Gasteiger partial charge is 0.305 e. The monoisotopic (exact) mass is 305 g/mol. The Morgan fingerprint density at radius 2 is 2.00 bits per heavy atom. The predicted molar refractivity (Wildman–Crippen MR) is 79.7 cm³/mol. The van der Waals surface area contributed by atoms with Crippen LogP contribution in [0, 0.1) is 0 Å². The average Bonchev–Trinajstić information content (AvgIpc) is 2.96. The van der Waals surface area contributed by atoms with Crippen LogP contribution in [-0.2, 0) is 11.2 Å². The summed E-state index contributed by atoms with van der Waals surface area (Å²) < 4.78 is 3.81. The summed E-state index contributed by atoms with van der Waals surface area (Å²) in [6.07, 6.45) is 0.494. The number of nitrogens with zero attached hydrogens (tertiary/aromatic N) is 3. The van der Waals surface area contributed by atoms with Gasteiger partial charge >= 0.3 is 5.97 Å². The molecule has 0 atom stereocenters. The second-order valence-electron chi connectivity index (χ2n) is 4.34. The zero-order valence-electron chi connectivity index (χ0n) is 11.5. The van der Waals surface area contributed by atoms with Gasteiger partial charge in [0.2, 0.25) is 0 Å². The molecule has 0 spiro atoms. The Morgan fingerprint density at radius 1 is 1.29 bits per heavy atom. The largest absolute Gasteiger partial charge is 0.481 e. The first-order valence-electron chi connectivity index (χ1n) is 6.53. The van der Waals surface area contributed by atoms with E-state index < -0.39 is 5.97 Å². The number of aryl methyl sites for hydroxylation is 1. The second kappa shape index (κ2) is 6.94. The maximum atomic E-state index is 12.7. The van der Waals surface area contributed by atoms with E-state index >= 15 is 0 Å². The van der Waals surface area contributed by atoms with Crippen molar-refractivity contribution in [1.29, 1.82) is 0 Å². The van der Waals surface area contributed by atoms with Crippen LogP contribution in [0.1, 0.15) is 28.7 Å². The van der Waals surface area contributed by atoms with Gasteiger partial charge in [-0.25, -0.2) is 0 Å². The highest BCUT2D eigenvalue weighted by atomic mass is 32.1. The molecule has 1 aromatic heterocycles. The van der Waals surface area contributed by atoms with Crippen LogP contribution < -0.4 is 4.90 Å². The van der Waals surface area contributed by atoms with Gasteiger partial charge in [-0.1, -0.05) is 29.6 Å². The third-order valence-electron chi connectivity index (χ3n) is 2.95. The number of aliphatic carboxylic acids is 1. The molecule has 0 radical (unpaired) electrons. The molecule has 1 N–H and O–H groups in total. The van der Waals surface area contributed by atoms with Crippen molar-refractivity contribution in [3.05, 3.63) is 40.9 Å². The van der Waals surface area contributed by atoms with Gasteiger partial charge in [0.25, 0.3) is 5.91 Å². The van der Waals surface area contributed by atoms with E-state index in [9.17, 15) is 9.59 Å². The number of anilines is 1. The van der Waals surface area contributed by atoms with Crippen LogP contribution >= 0.6 is 11.5 Å². The molecule has 7 heteroatoms. The fourth-order valence-corrected chi connectivity index (χ4v) is 2.59. The van der Waals surface area contributed by atoms with Crippen LogP contribution in [0.5, 0.6) is 0 Å². The summed E-state index contributed by atoms with van der Waals surface area (Å²) in [5.41, 5.74) is 1.31. The van der Waals surface area contributed by atoms with E-state index in [-0.39, 0.29) is 18.9 Å². The first-order valence-corrected chi connectivity index (χ1v) is 7.30. The normalized spacial score (nSPS) is 10.3. The molecule has 1 aromatic carbocycles. The van der Waals surface area contributed by atoms with Crippen LogP contribution in [-0.4, -0.2) is 33.1 Å². The number of carboxylic acids is 1. The van der Waals surface area contributed by atoms with Crippen molar-refractivity contribution < 1.29 is 14.7 Å². The van der Waals surface area contributed by atoms with E-state index in [0.29, 0.717) is 22.7 Å². The highest BCUT2D eigenvalue weighted by Crippen LogP contribution is 2.20. The minimum Gasteiger partial charge on any atom is -0.481 e. The van der Waals surface area contributed by atoms with Crippen LogP contribution in [0.25, 0.3) is 0 Å². The van der Waals surface area contributed by atoms with Gasteiger partial charge in [0, 0.05) is 12.2 Å². The predicted octanol–water partition coefficient (Wildman–Crippen LogP) is 2.22. The molecule has 1 heterocycles. The summed E-state index contributed by atoms with van der Waals surface area (Å²) >= 11 is 1.04. The molecular weight excluding hydrogens is 290 g/mol. The number of rotatable bonds is 6. The molecule has 0 saturated carbocycles. The minimum absolute atomic E-state index is 0.110. The first kappa shape index (κ1) is 15.1. The molecule has 110 valence electrons. The molecule has 0 unspecified atom stereocenters. The Labute approximate surface area is 126 Å². The maximum absolute atomic E-state index is 12.7. The number of hydrogen-bond donors (Lipinski definition) is 1. The third-order valence-corrected chi connectivity index (χ3v) is 3.70. The van der Waals surface area contributed by atoms with Crippen molar-refractivity contribution >= 4 is 29.1 Å². The fraction of sp³-hybridized carbons (Fsp3) is 0.286. The molecule has 21 heavy (non-hydrogen) atoms. The van der Waals surface area contributed by atoms with Crippen molar-refractivity contribution in [2.75, 3.05) is 11.4 Å². The van der Waals surface area contributed by atoms with E-state index in [1.54, 1.807) is 12.1 Å². The molecule has 0 aliphatic rings. The van der Waals surface area contributed by atoms with Crippen molar-refractivity contribution in [3.63, 3.8) is 0 Å². The summed E-state index contributed by atoms with van der Waals surface area (Å²) in [5.74, 6) is -1.20. The van der Waals surface area contributed by atoms with Crippen LogP contribution in [0.2, 0.25) is 0 Å². The summed E-state index contributed by atoms with van der Waals surface area (Å²) in [7, 11) is 0. The maximum Gasteiger partial charge on any atom is 0.305 e.